The fourth-order valence-electron chi connectivity index (χ4n) is 1.13. The molecule has 0 unspecified atom stereocenters. The summed E-state index contributed by atoms with van der Waals surface area (Å²) in [7, 11) is -1.54. The van der Waals surface area contributed by atoms with Gasteiger partial charge in [-0.05, 0) is 26.8 Å². The van der Waals surface area contributed by atoms with Crippen LogP contribution in [-0.4, -0.2) is 15.2 Å². The van der Waals surface area contributed by atoms with Crippen LogP contribution in [0.15, 0.2) is 22.6 Å². The third-order valence-corrected chi connectivity index (χ3v) is 3.91. The van der Waals surface area contributed by atoms with Crippen molar-refractivity contribution in [1.29, 1.82) is 0 Å². The monoisotopic (exact) mass is 311 g/mol. The maximum atomic E-state index is 12.6. The highest BCUT2D eigenvalue weighted by Crippen LogP contribution is 2.35. The van der Waals surface area contributed by atoms with Gasteiger partial charge in [-0.3, -0.25) is 0 Å². The van der Waals surface area contributed by atoms with E-state index in [-0.39, 0.29) is 5.56 Å². The van der Waals surface area contributed by atoms with Crippen LogP contribution in [-0.2, 0) is 17.2 Å². The third kappa shape index (κ3) is 4.31. The van der Waals surface area contributed by atoms with Crippen molar-refractivity contribution >= 4 is 28.8 Å². The van der Waals surface area contributed by atoms with Gasteiger partial charge in [0.25, 0.3) is 0 Å². The number of rotatable bonds is 2. The minimum atomic E-state index is -4.52. The molecule has 0 heterocycles. The Morgan fingerprint density at radius 1 is 1.26 bits per heavy atom. The van der Waals surface area contributed by atoms with Crippen molar-refractivity contribution < 1.29 is 17.4 Å². The number of benzene rings is 1. The normalized spacial score (nSPS) is 14.9. The zero-order chi connectivity index (χ0) is 14.8. The molecule has 1 aromatic carbocycles. The van der Waals surface area contributed by atoms with Gasteiger partial charge in [-0.25, -0.2) is 4.21 Å². The second kappa shape index (κ2) is 5.63. The summed E-state index contributed by atoms with van der Waals surface area (Å²) in [4.78, 5) is 0. The molecule has 0 radical (unpaired) electrons. The highest BCUT2D eigenvalue weighted by Gasteiger charge is 2.33. The molecule has 0 amide bonds. The zero-order valence-corrected chi connectivity index (χ0v) is 12.2. The summed E-state index contributed by atoms with van der Waals surface area (Å²) in [5, 5.41) is -0.440. The summed E-state index contributed by atoms with van der Waals surface area (Å²) < 4.78 is 52.7. The van der Waals surface area contributed by atoms with Gasteiger partial charge in [0.2, 0.25) is 0 Å². The minimum absolute atomic E-state index is 0.0918. The van der Waals surface area contributed by atoms with E-state index in [0.717, 1.165) is 12.3 Å². The summed E-state index contributed by atoms with van der Waals surface area (Å²) in [5.41, 5.74) is -0.839. The standard InChI is InChI=1S/C12H13ClF3NOS/c1-11(2,3)19(18)17-7-8-5-4-6-9(10(8)13)12(14,15)16/h4-7H,1-3H3/b17-7+/t19-/m0/s1. The highest BCUT2D eigenvalue weighted by atomic mass is 35.5. The van der Waals surface area contributed by atoms with Crippen LogP contribution in [0.2, 0.25) is 5.02 Å². The third-order valence-electron chi connectivity index (χ3n) is 2.15. The molecule has 0 bridgehead atoms. The number of halogens is 4. The predicted octanol–water partition coefficient (Wildman–Crippen LogP) is 4.24. The van der Waals surface area contributed by atoms with Crippen molar-refractivity contribution in [3.63, 3.8) is 0 Å². The molecule has 19 heavy (non-hydrogen) atoms. The molecule has 0 saturated carbocycles. The van der Waals surface area contributed by atoms with Crippen molar-refractivity contribution in [2.75, 3.05) is 0 Å². The van der Waals surface area contributed by atoms with E-state index in [1.54, 1.807) is 20.8 Å². The predicted molar refractivity (Wildman–Crippen MR) is 71.9 cm³/mol. The minimum Gasteiger partial charge on any atom is -0.234 e. The summed E-state index contributed by atoms with van der Waals surface area (Å²) in [6.07, 6.45) is -3.41. The van der Waals surface area contributed by atoms with Crippen molar-refractivity contribution in [3.8, 4) is 0 Å². The van der Waals surface area contributed by atoms with E-state index in [0.29, 0.717) is 0 Å². The van der Waals surface area contributed by atoms with E-state index in [4.69, 9.17) is 11.6 Å². The van der Waals surface area contributed by atoms with E-state index in [9.17, 15) is 17.4 Å². The summed E-state index contributed by atoms with van der Waals surface area (Å²) in [6.45, 7) is 5.15. The fraction of sp³-hybridized carbons (Fsp3) is 0.417. The maximum absolute atomic E-state index is 12.6. The number of nitrogens with zero attached hydrogens (tertiary/aromatic N) is 1. The van der Waals surface area contributed by atoms with Crippen LogP contribution in [0, 0.1) is 0 Å². The Morgan fingerprint density at radius 3 is 2.32 bits per heavy atom. The van der Waals surface area contributed by atoms with Crippen LogP contribution in [0.25, 0.3) is 0 Å². The van der Waals surface area contributed by atoms with Crippen molar-refractivity contribution in [1.82, 2.24) is 0 Å². The molecular formula is C12H13ClF3NOS. The first-order valence-electron chi connectivity index (χ1n) is 5.35. The number of alkyl halides is 3. The molecule has 2 nitrogen and oxygen atoms in total. The molecule has 106 valence electrons. The van der Waals surface area contributed by atoms with E-state index >= 15 is 0 Å². The smallest absolute Gasteiger partial charge is 0.234 e. The second-order valence-corrected chi connectivity index (χ2v) is 7.11. The van der Waals surface area contributed by atoms with Crippen molar-refractivity contribution in [3.05, 3.63) is 34.3 Å². The molecule has 1 aromatic rings. The largest absolute Gasteiger partial charge is 0.417 e. The molecular weight excluding hydrogens is 299 g/mol. The van der Waals surface area contributed by atoms with Crippen LogP contribution >= 0.6 is 11.6 Å². The van der Waals surface area contributed by atoms with E-state index in [2.05, 4.69) is 4.40 Å². The molecule has 0 spiro atoms. The van der Waals surface area contributed by atoms with Crippen LogP contribution in [0.4, 0.5) is 13.2 Å². The van der Waals surface area contributed by atoms with Gasteiger partial charge in [0.15, 0.2) is 0 Å². The Morgan fingerprint density at radius 2 is 1.84 bits per heavy atom. The quantitative estimate of drug-likeness (QED) is 0.751. The molecule has 0 fully saturated rings. The first-order valence-corrected chi connectivity index (χ1v) is 6.83. The Kier molecular flexibility index (Phi) is 4.79. The number of hydrogen-bond donors (Lipinski definition) is 0. The van der Waals surface area contributed by atoms with Crippen LogP contribution in [0.5, 0.6) is 0 Å². The fourth-order valence-corrected chi connectivity index (χ4v) is 1.94. The van der Waals surface area contributed by atoms with E-state index < -0.39 is 32.5 Å². The molecule has 0 aliphatic heterocycles. The van der Waals surface area contributed by atoms with Gasteiger partial charge in [0.05, 0.1) is 15.3 Å². The molecule has 7 heteroatoms. The maximum Gasteiger partial charge on any atom is 0.417 e. The average Bonchev–Trinajstić information content (AvgIpc) is 2.24. The Balaban J connectivity index is 3.11. The molecule has 1 atom stereocenters. The lowest BCUT2D eigenvalue weighted by molar-refractivity contribution is -0.137. The van der Waals surface area contributed by atoms with Gasteiger partial charge in [-0.15, -0.1) is 0 Å². The SMILES string of the molecule is CC(C)(C)[S@](=O)/N=C/c1cccc(C(F)(F)F)c1Cl. The van der Waals surface area contributed by atoms with E-state index in [1.165, 1.54) is 12.1 Å². The van der Waals surface area contributed by atoms with Crippen molar-refractivity contribution in [2.45, 2.75) is 31.7 Å². The molecule has 1 rings (SSSR count). The van der Waals surface area contributed by atoms with Gasteiger partial charge in [-0.1, -0.05) is 23.7 Å². The van der Waals surface area contributed by atoms with Gasteiger partial charge in [-0.2, -0.15) is 17.6 Å². The zero-order valence-electron chi connectivity index (χ0n) is 10.6. The second-order valence-electron chi connectivity index (χ2n) is 4.80. The van der Waals surface area contributed by atoms with Crippen LogP contribution < -0.4 is 0 Å². The molecule has 0 N–H and O–H groups in total. The highest BCUT2D eigenvalue weighted by molar-refractivity contribution is 7.85. The topological polar surface area (TPSA) is 29.4 Å². The lowest BCUT2D eigenvalue weighted by Gasteiger charge is -2.13. The van der Waals surface area contributed by atoms with Crippen molar-refractivity contribution in [2.24, 2.45) is 4.40 Å². The Hall–Kier alpha value is -0.880. The first kappa shape index (κ1) is 16.2. The van der Waals surface area contributed by atoms with Gasteiger partial charge in [0.1, 0.15) is 11.0 Å². The lowest BCUT2D eigenvalue weighted by Crippen LogP contribution is -2.19. The van der Waals surface area contributed by atoms with E-state index in [1.807, 2.05) is 0 Å². The summed E-state index contributed by atoms with van der Waals surface area (Å²) in [6, 6.07) is 3.51. The first-order chi connectivity index (χ1) is 8.53. The molecule has 0 aliphatic rings. The van der Waals surface area contributed by atoms with Crippen LogP contribution in [0.3, 0.4) is 0 Å². The lowest BCUT2D eigenvalue weighted by atomic mass is 10.1. The van der Waals surface area contributed by atoms with Gasteiger partial charge < -0.3 is 0 Å². The number of hydrogen-bond acceptors (Lipinski definition) is 1. The Labute approximate surface area is 117 Å². The summed E-state index contributed by atoms with van der Waals surface area (Å²) >= 11 is 5.68. The van der Waals surface area contributed by atoms with Gasteiger partial charge >= 0.3 is 6.18 Å². The molecule has 0 saturated heterocycles. The molecule has 0 aromatic heterocycles. The van der Waals surface area contributed by atoms with Crippen LogP contribution in [0.1, 0.15) is 31.9 Å². The Bertz CT molecular complexity index is 521. The summed E-state index contributed by atoms with van der Waals surface area (Å²) in [5.74, 6) is 0. The van der Waals surface area contributed by atoms with Gasteiger partial charge in [0, 0.05) is 11.8 Å². The molecule has 0 aliphatic carbocycles. The average molecular weight is 312 g/mol.